The lowest BCUT2D eigenvalue weighted by Crippen LogP contribution is -1.99. The number of hydrogen-bond donors (Lipinski definition) is 6. The first-order valence-electron chi connectivity index (χ1n) is 14.0. The number of aromatic carboxylic acids is 1. The van der Waals surface area contributed by atoms with E-state index < -0.39 is 32.5 Å². The zero-order valence-electron chi connectivity index (χ0n) is 24.9. The number of aromatic hydroxyl groups is 4. The van der Waals surface area contributed by atoms with Crippen LogP contribution in [0.15, 0.2) is 128 Å². The smallest absolute Gasteiger partial charge is 0.339 e. The molecule has 0 aliphatic rings. The molecule has 6 aromatic rings. The summed E-state index contributed by atoms with van der Waals surface area (Å²) in [6.45, 7) is 2.00. The van der Waals surface area contributed by atoms with Crippen LogP contribution < -0.4 is 0 Å². The van der Waals surface area contributed by atoms with Gasteiger partial charge in [0.05, 0.1) is 11.4 Å². The minimum atomic E-state index is -4.62. The Kier molecular flexibility index (Phi) is 9.31. The first-order chi connectivity index (χ1) is 22.8. The molecule has 0 unspecified atom stereocenters. The average molecular weight is 667 g/mol. The molecular weight excluding hydrogens is 640 g/mol. The van der Waals surface area contributed by atoms with Gasteiger partial charge in [0.1, 0.15) is 27.6 Å². The molecule has 0 aliphatic heterocycles. The highest BCUT2D eigenvalue weighted by atomic mass is 32.2. The summed E-state index contributed by atoms with van der Waals surface area (Å²) >= 11 is 0. The van der Waals surface area contributed by atoms with Crippen LogP contribution in [0.3, 0.4) is 0 Å². The lowest BCUT2D eigenvalue weighted by Gasteiger charge is -2.10. The van der Waals surface area contributed by atoms with Crippen molar-refractivity contribution in [1.82, 2.24) is 0 Å². The maximum Gasteiger partial charge on any atom is 0.339 e. The van der Waals surface area contributed by atoms with Gasteiger partial charge in [0.25, 0.3) is 10.1 Å². The Morgan fingerprint density at radius 1 is 0.604 bits per heavy atom. The van der Waals surface area contributed by atoms with Crippen LogP contribution in [-0.4, -0.2) is 44.5 Å². The van der Waals surface area contributed by atoms with Gasteiger partial charge in [-0.1, -0.05) is 66.2 Å². The predicted molar refractivity (Wildman–Crippen MR) is 177 cm³/mol. The number of hydrogen-bond acceptors (Lipinski definition) is 11. The minimum absolute atomic E-state index is 0.102. The topological polar surface area (TPSA) is 222 Å². The van der Waals surface area contributed by atoms with E-state index in [0.717, 1.165) is 17.3 Å². The number of phenolic OH excluding ortho intramolecular Hbond substituents is 3. The van der Waals surface area contributed by atoms with Crippen molar-refractivity contribution >= 4 is 60.4 Å². The highest BCUT2D eigenvalue weighted by molar-refractivity contribution is 7.86. The molecule has 0 saturated carbocycles. The van der Waals surface area contributed by atoms with Crippen molar-refractivity contribution in [3.63, 3.8) is 0 Å². The van der Waals surface area contributed by atoms with Crippen LogP contribution in [0.5, 0.6) is 23.0 Å². The summed E-state index contributed by atoms with van der Waals surface area (Å²) in [5.74, 6) is -2.91. The SMILES string of the molecule is Cc1ccc(N=Nc2ccc(O)c(O)c2)cc1.O=C(O)c1cc2ccccc2c(N=Nc2c(O)cc(S(=O)(=O)O)c3ccccc23)c1O. The van der Waals surface area contributed by atoms with Gasteiger partial charge in [-0.3, -0.25) is 4.55 Å². The van der Waals surface area contributed by atoms with Crippen LogP contribution in [0.1, 0.15) is 15.9 Å². The maximum absolute atomic E-state index is 11.7. The van der Waals surface area contributed by atoms with Crippen molar-refractivity contribution in [2.24, 2.45) is 20.5 Å². The molecule has 6 aromatic carbocycles. The third-order valence-corrected chi connectivity index (χ3v) is 7.88. The molecule has 13 nitrogen and oxygen atoms in total. The fourth-order valence-corrected chi connectivity index (χ4v) is 5.33. The number of carbonyl (C=O) groups is 1. The molecule has 0 radical (unpaired) electrons. The lowest BCUT2D eigenvalue weighted by molar-refractivity contribution is 0.0694. The van der Waals surface area contributed by atoms with Gasteiger partial charge in [-0.2, -0.15) is 18.6 Å². The fourth-order valence-electron chi connectivity index (χ4n) is 4.61. The number of carboxylic acids is 1. The highest BCUT2D eigenvalue weighted by Crippen LogP contribution is 2.43. The second kappa shape index (κ2) is 13.5. The number of phenols is 4. The summed E-state index contributed by atoms with van der Waals surface area (Å²) in [7, 11) is -4.62. The van der Waals surface area contributed by atoms with Gasteiger partial charge in [0.15, 0.2) is 17.2 Å². The van der Waals surface area contributed by atoms with Gasteiger partial charge in [0, 0.05) is 28.3 Å². The van der Waals surface area contributed by atoms with E-state index in [1.807, 2.05) is 31.2 Å². The van der Waals surface area contributed by atoms with E-state index in [9.17, 15) is 38.2 Å². The van der Waals surface area contributed by atoms with E-state index in [4.69, 9.17) is 5.11 Å². The van der Waals surface area contributed by atoms with Crippen LogP contribution in [0.2, 0.25) is 0 Å². The second-order valence-corrected chi connectivity index (χ2v) is 11.7. The molecule has 0 aromatic heterocycles. The molecule has 14 heteroatoms. The van der Waals surface area contributed by atoms with E-state index in [-0.39, 0.29) is 39.2 Å². The fraction of sp³-hybridized carbons (Fsp3) is 0.0294. The van der Waals surface area contributed by atoms with Crippen LogP contribution in [0, 0.1) is 6.92 Å². The number of fused-ring (bicyclic) bond motifs is 2. The Labute approximate surface area is 272 Å². The quantitative estimate of drug-likeness (QED) is 0.0568. The lowest BCUT2D eigenvalue weighted by atomic mass is 10.0. The Morgan fingerprint density at radius 2 is 1.19 bits per heavy atom. The van der Waals surface area contributed by atoms with Crippen molar-refractivity contribution in [3.8, 4) is 23.0 Å². The van der Waals surface area contributed by atoms with E-state index in [1.54, 1.807) is 42.5 Å². The summed E-state index contributed by atoms with van der Waals surface area (Å²) in [5.41, 5.74) is 1.77. The molecule has 0 bridgehead atoms. The van der Waals surface area contributed by atoms with E-state index in [2.05, 4.69) is 20.5 Å². The summed E-state index contributed by atoms with van der Waals surface area (Å²) in [6.07, 6.45) is 0. The molecule has 0 heterocycles. The normalized spacial score (nSPS) is 11.6. The largest absolute Gasteiger partial charge is 0.506 e. The number of aryl methyl sites for hydroxylation is 1. The first kappa shape index (κ1) is 33.0. The molecule has 0 saturated heterocycles. The number of carboxylic acid groups (broad SMARTS) is 1. The van der Waals surface area contributed by atoms with Crippen LogP contribution >= 0.6 is 0 Å². The molecule has 0 fully saturated rings. The van der Waals surface area contributed by atoms with Crippen molar-refractivity contribution in [3.05, 3.63) is 114 Å². The third-order valence-electron chi connectivity index (χ3n) is 6.99. The minimum Gasteiger partial charge on any atom is -0.506 e. The molecule has 0 spiro atoms. The van der Waals surface area contributed by atoms with Crippen molar-refractivity contribution < 1.29 is 43.3 Å². The first-order valence-corrected chi connectivity index (χ1v) is 15.4. The summed E-state index contributed by atoms with van der Waals surface area (Å²) in [6, 6.07) is 26.7. The van der Waals surface area contributed by atoms with E-state index >= 15 is 0 Å². The average Bonchev–Trinajstić information content (AvgIpc) is 3.05. The molecular formula is C34H26N4O9S. The van der Waals surface area contributed by atoms with Gasteiger partial charge >= 0.3 is 5.97 Å². The summed E-state index contributed by atoms with van der Waals surface area (Å²) in [4.78, 5) is 11.0. The summed E-state index contributed by atoms with van der Waals surface area (Å²) < 4.78 is 32.8. The standard InChI is InChI=1S/C21H14N2O7S.C13H12N2O2/c24-16-10-17(31(28,29)30)13-7-3-4-8-14(13)18(16)22-23-19-12-6-2-1-5-11(12)9-15(20(19)25)21(26)27;1-9-2-4-10(5-3-9)14-15-11-6-7-12(16)13(17)8-11/h1-10,24-25H,(H,26,27)(H,28,29,30);2-8,16-17H,1H3. The van der Waals surface area contributed by atoms with Gasteiger partial charge in [0.2, 0.25) is 0 Å². The van der Waals surface area contributed by atoms with Gasteiger partial charge < -0.3 is 25.5 Å². The second-order valence-electron chi connectivity index (χ2n) is 10.3. The van der Waals surface area contributed by atoms with Gasteiger partial charge in [-0.05, 0) is 42.6 Å². The molecule has 6 N–H and O–H groups in total. The zero-order chi connectivity index (χ0) is 34.6. The van der Waals surface area contributed by atoms with Gasteiger partial charge in [-0.25, -0.2) is 4.79 Å². The Balaban J connectivity index is 0.000000224. The Morgan fingerprint density at radius 3 is 1.83 bits per heavy atom. The number of benzene rings is 6. The van der Waals surface area contributed by atoms with Gasteiger partial charge in [-0.15, -0.1) is 10.2 Å². The van der Waals surface area contributed by atoms with Crippen LogP contribution in [-0.2, 0) is 10.1 Å². The molecule has 0 aliphatic carbocycles. The number of azo groups is 2. The third kappa shape index (κ3) is 7.20. The van der Waals surface area contributed by atoms with E-state index in [0.29, 0.717) is 16.5 Å². The molecule has 0 amide bonds. The monoisotopic (exact) mass is 666 g/mol. The molecule has 0 atom stereocenters. The predicted octanol–water partition coefficient (Wildman–Crippen LogP) is 8.59. The van der Waals surface area contributed by atoms with E-state index in [1.165, 1.54) is 30.3 Å². The van der Waals surface area contributed by atoms with Crippen molar-refractivity contribution in [2.45, 2.75) is 11.8 Å². The molecule has 48 heavy (non-hydrogen) atoms. The summed E-state index contributed by atoms with van der Waals surface area (Å²) in [5, 5.41) is 65.8. The highest BCUT2D eigenvalue weighted by Gasteiger charge is 2.21. The number of nitrogens with zero attached hydrogens (tertiary/aromatic N) is 4. The Hall–Kier alpha value is -6.38. The number of rotatable bonds is 6. The van der Waals surface area contributed by atoms with Crippen LogP contribution in [0.25, 0.3) is 21.5 Å². The Bertz CT molecular complexity index is 2360. The zero-order valence-corrected chi connectivity index (χ0v) is 25.7. The van der Waals surface area contributed by atoms with Crippen molar-refractivity contribution in [2.75, 3.05) is 0 Å². The molecule has 242 valence electrons. The molecule has 6 rings (SSSR count). The van der Waals surface area contributed by atoms with Crippen molar-refractivity contribution in [1.29, 1.82) is 0 Å². The maximum atomic E-state index is 11.7. The van der Waals surface area contributed by atoms with Crippen LogP contribution in [0.4, 0.5) is 22.7 Å².